The molecule has 2 aromatic carbocycles. The standard InChI is InChI=1S/C25H25ClN4O4/c26-22-12-11-19(15-28-22)14-20(23(27)31)29-24(32)21(13-17-7-3-1-4-8-17)30-25(33)34-16-18-9-5-2-6-10-18/h1-12,15,20-21H,13-14,16H2,(H2,27,31)(H,29,32)(H,30,33)/t20-,21+/m1/s1. The molecule has 1 heterocycles. The average molecular weight is 481 g/mol. The fourth-order valence-electron chi connectivity index (χ4n) is 3.22. The monoisotopic (exact) mass is 480 g/mol. The fourth-order valence-corrected chi connectivity index (χ4v) is 3.34. The number of aromatic nitrogens is 1. The molecule has 4 N–H and O–H groups in total. The largest absolute Gasteiger partial charge is 0.445 e. The first-order chi connectivity index (χ1) is 16.4. The van der Waals surface area contributed by atoms with E-state index in [-0.39, 0.29) is 19.4 Å². The summed E-state index contributed by atoms with van der Waals surface area (Å²) in [6.45, 7) is 0.0554. The summed E-state index contributed by atoms with van der Waals surface area (Å²) in [5.41, 5.74) is 7.82. The second kappa shape index (κ2) is 12.4. The van der Waals surface area contributed by atoms with Crippen LogP contribution < -0.4 is 16.4 Å². The third-order valence-electron chi connectivity index (χ3n) is 4.99. The van der Waals surface area contributed by atoms with E-state index in [1.54, 1.807) is 12.1 Å². The Morgan fingerprint density at radius 2 is 1.44 bits per heavy atom. The molecule has 0 unspecified atom stereocenters. The average Bonchev–Trinajstić information content (AvgIpc) is 2.84. The van der Waals surface area contributed by atoms with Crippen molar-refractivity contribution in [2.24, 2.45) is 5.73 Å². The van der Waals surface area contributed by atoms with Gasteiger partial charge >= 0.3 is 6.09 Å². The van der Waals surface area contributed by atoms with Crippen molar-refractivity contribution < 1.29 is 19.1 Å². The molecule has 0 saturated heterocycles. The Morgan fingerprint density at radius 1 is 0.824 bits per heavy atom. The molecule has 2 atom stereocenters. The second-order valence-corrected chi connectivity index (χ2v) is 7.99. The van der Waals surface area contributed by atoms with Gasteiger partial charge in [-0.3, -0.25) is 9.59 Å². The van der Waals surface area contributed by atoms with E-state index in [2.05, 4.69) is 15.6 Å². The van der Waals surface area contributed by atoms with Crippen molar-refractivity contribution in [3.8, 4) is 0 Å². The van der Waals surface area contributed by atoms with E-state index in [4.69, 9.17) is 22.1 Å². The van der Waals surface area contributed by atoms with Crippen LogP contribution in [0.15, 0.2) is 79.0 Å². The third kappa shape index (κ3) is 7.90. The zero-order valence-electron chi connectivity index (χ0n) is 18.3. The molecule has 0 aliphatic carbocycles. The SMILES string of the molecule is NC(=O)[C@@H](Cc1ccc(Cl)nc1)NC(=O)[C@H](Cc1ccccc1)NC(=O)OCc1ccccc1. The minimum Gasteiger partial charge on any atom is -0.445 e. The number of nitrogens with two attached hydrogens (primary N) is 1. The van der Waals surface area contributed by atoms with Crippen molar-refractivity contribution in [3.63, 3.8) is 0 Å². The van der Waals surface area contributed by atoms with Gasteiger partial charge in [0, 0.05) is 19.0 Å². The number of primary amides is 1. The lowest BCUT2D eigenvalue weighted by Gasteiger charge is -2.22. The molecule has 1 aromatic heterocycles. The van der Waals surface area contributed by atoms with Crippen molar-refractivity contribution in [1.82, 2.24) is 15.6 Å². The number of pyridine rings is 1. The number of ether oxygens (including phenoxy) is 1. The molecule has 3 aromatic rings. The number of carbonyl (C=O) groups is 3. The van der Waals surface area contributed by atoms with Gasteiger partial charge in [0.25, 0.3) is 0 Å². The van der Waals surface area contributed by atoms with Crippen LogP contribution in [-0.4, -0.2) is 35.0 Å². The van der Waals surface area contributed by atoms with Gasteiger partial charge in [-0.25, -0.2) is 9.78 Å². The van der Waals surface area contributed by atoms with Crippen LogP contribution in [0.4, 0.5) is 4.79 Å². The summed E-state index contributed by atoms with van der Waals surface area (Å²) in [6.07, 6.45) is 1.07. The van der Waals surface area contributed by atoms with Gasteiger partial charge in [0.1, 0.15) is 23.8 Å². The molecule has 3 amide bonds. The van der Waals surface area contributed by atoms with Gasteiger partial charge in [-0.2, -0.15) is 0 Å². The Kier molecular flexibility index (Phi) is 8.99. The predicted molar refractivity (Wildman–Crippen MR) is 128 cm³/mol. The molecule has 0 radical (unpaired) electrons. The lowest BCUT2D eigenvalue weighted by Crippen LogP contribution is -2.54. The highest BCUT2D eigenvalue weighted by Gasteiger charge is 2.26. The molecule has 0 fully saturated rings. The van der Waals surface area contributed by atoms with E-state index in [0.29, 0.717) is 10.7 Å². The van der Waals surface area contributed by atoms with Crippen molar-refractivity contribution in [2.75, 3.05) is 0 Å². The molecule has 176 valence electrons. The van der Waals surface area contributed by atoms with E-state index >= 15 is 0 Å². The highest BCUT2D eigenvalue weighted by atomic mass is 35.5. The topological polar surface area (TPSA) is 123 Å². The summed E-state index contributed by atoms with van der Waals surface area (Å²) < 4.78 is 5.26. The molecule has 8 nitrogen and oxygen atoms in total. The molecule has 0 aliphatic heterocycles. The maximum absolute atomic E-state index is 13.1. The highest BCUT2D eigenvalue weighted by molar-refractivity contribution is 6.29. The van der Waals surface area contributed by atoms with Crippen LogP contribution in [-0.2, 0) is 33.8 Å². The minimum absolute atomic E-state index is 0.0554. The van der Waals surface area contributed by atoms with Crippen molar-refractivity contribution in [2.45, 2.75) is 31.5 Å². The molecule has 34 heavy (non-hydrogen) atoms. The van der Waals surface area contributed by atoms with Gasteiger partial charge in [-0.05, 0) is 22.8 Å². The number of amides is 3. The number of nitrogens with zero attached hydrogens (tertiary/aromatic N) is 1. The summed E-state index contributed by atoms with van der Waals surface area (Å²) in [5.74, 6) is -1.28. The molecule has 3 rings (SSSR count). The molecule has 0 bridgehead atoms. The Bertz CT molecular complexity index is 1090. The minimum atomic E-state index is -1.00. The van der Waals surface area contributed by atoms with E-state index in [1.165, 1.54) is 6.20 Å². The Balaban J connectivity index is 1.68. The van der Waals surface area contributed by atoms with Crippen molar-refractivity contribution >= 4 is 29.5 Å². The summed E-state index contributed by atoms with van der Waals surface area (Å²) >= 11 is 5.80. The van der Waals surface area contributed by atoms with Gasteiger partial charge in [0.05, 0.1) is 0 Å². The first-order valence-corrected chi connectivity index (χ1v) is 11.0. The smallest absolute Gasteiger partial charge is 0.408 e. The first-order valence-electron chi connectivity index (χ1n) is 10.6. The van der Waals surface area contributed by atoms with Crippen LogP contribution in [0.5, 0.6) is 0 Å². The number of halogens is 1. The molecule has 0 saturated carbocycles. The van der Waals surface area contributed by atoms with Crippen molar-refractivity contribution in [3.05, 3.63) is 101 Å². The predicted octanol–water partition coefficient (Wildman–Crippen LogP) is 2.79. The number of benzene rings is 2. The number of rotatable bonds is 10. The molecule has 9 heteroatoms. The summed E-state index contributed by atoms with van der Waals surface area (Å²) in [4.78, 5) is 41.5. The molecular formula is C25H25ClN4O4. The van der Waals surface area contributed by atoms with Crippen molar-refractivity contribution in [1.29, 1.82) is 0 Å². The van der Waals surface area contributed by atoms with Crippen LogP contribution in [0.1, 0.15) is 16.7 Å². The maximum atomic E-state index is 13.1. The maximum Gasteiger partial charge on any atom is 0.408 e. The quantitative estimate of drug-likeness (QED) is 0.385. The zero-order chi connectivity index (χ0) is 24.3. The van der Waals surface area contributed by atoms with Crippen LogP contribution >= 0.6 is 11.6 Å². The highest BCUT2D eigenvalue weighted by Crippen LogP contribution is 2.09. The van der Waals surface area contributed by atoms with Gasteiger partial charge in [-0.15, -0.1) is 0 Å². The van der Waals surface area contributed by atoms with E-state index in [1.807, 2.05) is 60.7 Å². The second-order valence-electron chi connectivity index (χ2n) is 7.61. The van der Waals surface area contributed by atoms with Crippen LogP contribution in [0, 0.1) is 0 Å². The van der Waals surface area contributed by atoms with Crippen LogP contribution in [0.25, 0.3) is 0 Å². The number of hydrogen-bond acceptors (Lipinski definition) is 5. The zero-order valence-corrected chi connectivity index (χ0v) is 19.1. The summed E-state index contributed by atoms with van der Waals surface area (Å²) in [6, 6.07) is 19.6. The summed E-state index contributed by atoms with van der Waals surface area (Å²) in [7, 11) is 0. The normalized spacial score (nSPS) is 12.3. The van der Waals surface area contributed by atoms with Gasteiger partial charge in [0.2, 0.25) is 11.8 Å². The number of carbonyl (C=O) groups excluding carboxylic acids is 3. The lowest BCUT2D eigenvalue weighted by atomic mass is 10.0. The first kappa shape index (κ1) is 24.7. The van der Waals surface area contributed by atoms with E-state index < -0.39 is 30.0 Å². The fraction of sp³-hybridized carbons (Fsp3) is 0.200. The molecular weight excluding hydrogens is 456 g/mol. The van der Waals surface area contributed by atoms with Crippen LogP contribution in [0.3, 0.4) is 0 Å². The van der Waals surface area contributed by atoms with Gasteiger partial charge in [0.15, 0.2) is 0 Å². The summed E-state index contributed by atoms with van der Waals surface area (Å²) in [5, 5.41) is 5.54. The van der Waals surface area contributed by atoms with Gasteiger partial charge < -0.3 is 21.1 Å². The lowest BCUT2D eigenvalue weighted by molar-refractivity contribution is -0.128. The Labute approximate surface area is 202 Å². The Hall–Kier alpha value is -3.91. The van der Waals surface area contributed by atoms with Gasteiger partial charge in [-0.1, -0.05) is 78.3 Å². The van der Waals surface area contributed by atoms with E-state index in [9.17, 15) is 14.4 Å². The Morgan fingerprint density at radius 3 is 2.03 bits per heavy atom. The number of hydrogen-bond donors (Lipinski definition) is 3. The van der Waals surface area contributed by atoms with E-state index in [0.717, 1.165) is 11.1 Å². The number of nitrogens with one attached hydrogen (secondary N) is 2. The van der Waals surface area contributed by atoms with Crippen LogP contribution in [0.2, 0.25) is 5.15 Å². The molecule has 0 aliphatic rings. The molecule has 0 spiro atoms. The number of alkyl carbamates (subject to hydrolysis) is 1. The third-order valence-corrected chi connectivity index (χ3v) is 5.22.